The van der Waals surface area contributed by atoms with Gasteiger partial charge in [0.2, 0.25) is 0 Å². The fourth-order valence-electron chi connectivity index (χ4n) is 3.54. The highest BCUT2D eigenvalue weighted by atomic mass is 19.1. The van der Waals surface area contributed by atoms with E-state index in [0.29, 0.717) is 5.92 Å². The van der Waals surface area contributed by atoms with Crippen LogP contribution >= 0.6 is 0 Å². The maximum atomic E-state index is 13.6. The normalized spacial score (nSPS) is 22.3. The molecule has 4 heteroatoms. The molecule has 2 aliphatic heterocycles. The van der Waals surface area contributed by atoms with E-state index < -0.39 is 0 Å². The molecule has 1 fully saturated rings. The number of nitrogens with zero attached hydrogens (tertiary/aromatic N) is 2. The molecule has 0 saturated carbocycles. The number of nitrogens with one attached hydrogen (secondary N) is 1. The van der Waals surface area contributed by atoms with E-state index in [9.17, 15) is 4.39 Å². The zero-order chi connectivity index (χ0) is 12.8. The molecule has 0 amide bonds. The van der Waals surface area contributed by atoms with Gasteiger partial charge in [-0.2, -0.15) is 0 Å². The van der Waals surface area contributed by atoms with Crippen LogP contribution < -0.4 is 5.32 Å². The Morgan fingerprint density at radius 2 is 2.11 bits per heavy atom. The van der Waals surface area contributed by atoms with Crippen molar-refractivity contribution in [2.45, 2.75) is 18.9 Å². The lowest BCUT2D eigenvalue weighted by Crippen LogP contribution is -2.32. The van der Waals surface area contributed by atoms with E-state index in [0.717, 1.165) is 42.8 Å². The molecule has 1 atom stereocenters. The van der Waals surface area contributed by atoms with Gasteiger partial charge in [0.25, 0.3) is 0 Å². The van der Waals surface area contributed by atoms with Gasteiger partial charge in [-0.15, -0.1) is 0 Å². The van der Waals surface area contributed by atoms with Gasteiger partial charge < -0.3 is 9.88 Å². The van der Waals surface area contributed by atoms with Crippen LogP contribution in [0.15, 0.2) is 30.7 Å². The van der Waals surface area contributed by atoms with Crippen molar-refractivity contribution in [3.63, 3.8) is 0 Å². The van der Waals surface area contributed by atoms with Crippen LogP contribution in [-0.2, 0) is 0 Å². The standard InChI is InChI=1S/C15H16FN3/c16-11-1-2-12-13(7-11)15(10-3-5-17-6-4-10)19-9-18-8-14(12)19/h1-2,7-10,15,17H,3-6H2. The molecule has 0 aliphatic carbocycles. The van der Waals surface area contributed by atoms with Gasteiger partial charge in [-0.3, -0.25) is 0 Å². The molecule has 1 aromatic heterocycles. The van der Waals surface area contributed by atoms with Gasteiger partial charge in [-0.05, 0) is 55.6 Å². The van der Waals surface area contributed by atoms with Gasteiger partial charge in [0.05, 0.1) is 24.3 Å². The third-order valence-corrected chi connectivity index (χ3v) is 4.40. The molecule has 1 saturated heterocycles. The molecule has 3 nitrogen and oxygen atoms in total. The Morgan fingerprint density at radius 1 is 1.26 bits per heavy atom. The summed E-state index contributed by atoms with van der Waals surface area (Å²) in [6.45, 7) is 2.10. The number of benzene rings is 1. The SMILES string of the molecule is Fc1ccc2c(c1)C(C1CCNCC1)n1cncc1-2. The molecule has 3 heterocycles. The Kier molecular flexibility index (Phi) is 2.45. The summed E-state index contributed by atoms with van der Waals surface area (Å²) >= 11 is 0. The molecule has 19 heavy (non-hydrogen) atoms. The van der Waals surface area contributed by atoms with Crippen molar-refractivity contribution in [2.75, 3.05) is 13.1 Å². The lowest BCUT2D eigenvalue weighted by Gasteiger charge is -2.29. The average molecular weight is 257 g/mol. The smallest absolute Gasteiger partial charge is 0.123 e. The van der Waals surface area contributed by atoms with Crippen LogP contribution in [0.2, 0.25) is 0 Å². The van der Waals surface area contributed by atoms with E-state index in [1.165, 1.54) is 0 Å². The lowest BCUT2D eigenvalue weighted by molar-refractivity contribution is 0.298. The highest BCUT2D eigenvalue weighted by molar-refractivity contribution is 5.69. The average Bonchev–Trinajstić information content (AvgIpc) is 2.99. The quantitative estimate of drug-likeness (QED) is 0.851. The van der Waals surface area contributed by atoms with Gasteiger partial charge in [0, 0.05) is 5.56 Å². The van der Waals surface area contributed by atoms with Crippen LogP contribution in [0.25, 0.3) is 11.3 Å². The van der Waals surface area contributed by atoms with Gasteiger partial charge in [0.15, 0.2) is 0 Å². The summed E-state index contributed by atoms with van der Waals surface area (Å²) in [6, 6.07) is 5.39. The predicted molar refractivity (Wildman–Crippen MR) is 71.4 cm³/mol. The zero-order valence-corrected chi connectivity index (χ0v) is 10.6. The van der Waals surface area contributed by atoms with Crippen LogP contribution in [0.3, 0.4) is 0 Å². The third-order valence-electron chi connectivity index (χ3n) is 4.40. The van der Waals surface area contributed by atoms with Gasteiger partial charge in [-0.25, -0.2) is 9.37 Å². The maximum Gasteiger partial charge on any atom is 0.123 e. The molecule has 2 aromatic rings. The molecule has 0 bridgehead atoms. The van der Waals surface area contributed by atoms with Gasteiger partial charge in [0.1, 0.15) is 5.82 Å². The molecule has 1 N–H and O–H groups in total. The number of rotatable bonds is 1. The minimum Gasteiger partial charge on any atom is -0.323 e. The Hall–Kier alpha value is -1.68. The summed E-state index contributed by atoms with van der Waals surface area (Å²) in [6.07, 6.45) is 6.05. The summed E-state index contributed by atoms with van der Waals surface area (Å²) in [5, 5.41) is 3.39. The van der Waals surface area contributed by atoms with Gasteiger partial charge >= 0.3 is 0 Å². The number of aromatic nitrogens is 2. The van der Waals surface area contributed by atoms with Crippen LogP contribution in [0, 0.1) is 11.7 Å². The second kappa shape index (κ2) is 4.17. The Morgan fingerprint density at radius 3 is 2.95 bits per heavy atom. The minimum atomic E-state index is -0.142. The van der Waals surface area contributed by atoms with E-state index in [1.54, 1.807) is 12.1 Å². The Bertz CT molecular complexity index is 614. The topological polar surface area (TPSA) is 29.9 Å². The molecule has 1 unspecified atom stereocenters. The molecule has 4 rings (SSSR count). The predicted octanol–water partition coefficient (Wildman–Crippen LogP) is 2.59. The van der Waals surface area contributed by atoms with Crippen molar-refractivity contribution in [2.24, 2.45) is 5.92 Å². The first kappa shape index (κ1) is 11.2. The molecule has 2 aliphatic rings. The molecule has 0 radical (unpaired) electrons. The first-order valence-corrected chi connectivity index (χ1v) is 6.87. The molecule has 0 spiro atoms. The molecular formula is C15H16FN3. The summed E-state index contributed by atoms with van der Waals surface area (Å²) in [5.74, 6) is 0.425. The van der Waals surface area contributed by atoms with E-state index in [2.05, 4.69) is 14.9 Å². The number of hydrogen-bond donors (Lipinski definition) is 1. The van der Waals surface area contributed by atoms with E-state index in [1.807, 2.05) is 18.6 Å². The highest BCUT2D eigenvalue weighted by Gasteiger charge is 2.34. The Labute approximate surface area is 111 Å². The number of imidazole rings is 1. The second-order valence-corrected chi connectivity index (χ2v) is 5.45. The van der Waals surface area contributed by atoms with Crippen molar-refractivity contribution in [3.8, 4) is 11.3 Å². The fraction of sp³-hybridized carbons (Fsp3) is 0.400. The molecule has 98 valence electrons. The zero-order valence-electron chi connectivity index (χ0n) is 10.6. The molecule has 1 aromatic carbocycles. The van der Waals surface area contributed by atoms with E-state index >= 15 is 0 Å². The van der Waals surface area contributed by atoms with Crippen LogP contribution in [0.4, 0.5) is 4.39 Å². The summed E-state index contributed by atoms with van der Waals surface area (Å²) in [7, 11) is 0. The summed E-state index contributed by atoms with van der Waals surface area (Å²) < 4.78 is 15.8. The monoisotopic (exact) mass is 257 g/mol. The first-order chi connectivity index (χ1) is 9.34. The summed E-state index contributed by atoms with van der Waals surface area (Å²) in [5.41, 5.74) is 3.39. The van der Waals surface area contributed by atoms with Crippen molar-refractivity contribution >= 4 is 0 Å². The fourth-order valence-corrected chi connectivity index (χ4v) is 3.54. The van der Waals surface area contributed by atoms with Crippen LogP contribution in [-0.4, -0.2) is 22.6 Å². The number of fused-ring (bicyclic) bond motifs is 3. The molecular weight excluding hydrogens is 241 g/mol. The third kappa shape index (κ3) is 1.63. The first-order valence-electron chi connectivity index (χ1n) is 6.87. The Balaban J connectivity index is 1.84. The number of piperidine rings is 1. The highest BCUT2D eigenvalue weighted by Crippen LogP contribution is 2.45. The van der Waals surface area contributed by atoms with Crippen molar-refractivity contribution in [1.29, 1.82) is 0 Å². The summed E-state index contributed by atoms with van der Waals surface area (Å²) in [4.78, 5) is 4.26. The van der Waals surface area contributed by atoms with Crippen LogP contribution in [0.1, 0.15) is 24.4 Å². The number of hydrogen-bond acceptors (Lipinski definition) is 2. The van der Waals surface area contributed by atoms with Crippen molar-refractivity contribution < 1.29 is 4.39 Å². The van der Waals surface area contributed by atoms with Crippen LogP contribution in [0.5, 0.6) is 0 Å². The maximum absolute atomic E-state index is 13.6. The van der Waals surface area contributed by atoms with E-state index in [-0.39, 0.29) is 11.9 Å². The second-order valence-electron chi connectivity index (χ2n) is 5.45. The van der Waals surface area contributed by atoms with Crippen molar-refractivity contribution in [1.82, 2.24) is 14.9 Å². The lowest BCUT2D eigenvalue weighted by atomic mass is 9.86. The van der Waals surface area contributed by atoms with E-state index in [4.69, 9.17) is 0 Å². The van der Waals surface area contributed by atoms with Gasteiger partial charge in [-0.1, -0.05) is 0 Å². The van der Waals surface area contributed by atoms with Crippen molar-refractivity contribution in [3.05, 3.63) is 42.1 Å². The largest absolute Gasteiger partial charge is 0.323 e. The minimum absolute atomic E-state index is 0.142. The number of halogens is 1.